The lowest BCUT2D eigenvalue weighted by Crippen LogP contribution is -2.35. The molecule has 17 heavy (non-hydrogen) atoms. The van der Waals surface area contributed by atoms with Crippen LogP contribution in [0.1, 0.15) is 17.5 Å². The number of alkyl halides is 1. The molecule has 0 saturated carbocycles. The van der Waals surface area contributed by atoms with Crippen molar-refractivity contribution < 1.29 is 4.79 Å². The molecule has 0 aromatic heterocycles. The Bertz CT molecular complexity index is 498. The fourth-order valence-corrected chi connectivity index (χ4v) is 2.70. The molecule has 0 radical (unpaired) electrons. The van der Waals surface area contributed by atoms with Crippen LogP contribution in [0.3, 0.4) is 0 Å². The van der Waals surface area contributed by atoms with Gasteiger partial charge in [0.2, 0.25) is 5.91 Å². The van der Waals surface area contributed by atoms with E-state index in [-0.39, 0.29) is 5.91 Å². The molecule has 1 heterocycles. The van der Waals surface area contributed by atoms with Gasteiger partial charge in [0.1, 0.15) is 5.38 Å². The van der Waals surface area contributed by atoms with Crippen molar-refractivity contribution in [2.45, 2.75) is 18.7 Å². The summed E-state index contributed by atoms with van der Waals surface area (Å²) in [6.45, 7) is 2.03. The maximum absolute atomic E-state index is 11.8. The summed E-state index contributed by atoms with van der Waals surface area (Å²) < 4.78 is 1.04. The molecule has 1 aliphatic rings. The molecule has 0 bridgehead atoms. The number of rotatable bonds is 1. The molecule has 4 heteroatoms. The second-order valence-corrected chi connectivity index (χ2v) is 5.59. The van der Waals surface area contributed by atoms with Gasteiger partial charge in [0.05, 0.1) is 0 Å². The number of allylic oxidation sites excluding steroid dienone is 1. The molecule has 0 saturated heterocycles. The topological polar surface area (TPSA) is 20.3 Å². The Morgan fingerprint density at radius 2 is 2.18 bits per heavy atom. The maximum Gasteiger partial charge on any atom is 0.245 e. The van der Waals surface area contributed by atoms with Crippen LogP contribution in [0.4, 0.5) is 0 Å². The third-order valence-corrected chi connectivity index (χ3v) is 3.80. The van der Waals surface area contributed by atoms with E-state index in [1.165, 1.54) is 0 Å². The Labute approximate surface area is 114 Å². The molecule has 2 nitrogen and oxygen atoms in total. The monoisotopic (exact) mass is 313 g/mol. The highest BCUT2D eigenvalue weighted by Crippen LogP contribution is 2.29. The van der Waals surface area contributed by atoms with Crippen molar-refractivity contribution in [3.8, 4) is 0 Å². The zero-order valence-electron chi connectivity index (χ0n) is 9.71. The molecule has 1 unspecified atom stereocenters. The molecular weight excluding hydrogens is 302 g/mol. The van der Waals surface area contributed by atoms with E-state index in [1.807, 2.05) is 31.2 Å². The van der Waals surface area contributed by atoms with E-state index in [0.717, 1.165) is 21.3 Å². The van der Waals surface area contributed by atoms with Crippen molar-refractivity contribution in [3.63, 3.8) is 0 Å². The lowest BCUT2D eigenvalue weighted by molar-refractivity contribution is -0.126. The first-order valence-corrected chi connectivity index (χ1v) is 6.62. The number of carbonyl (C=O) groups excluding carboxylic acids is 1. The van der Waals surface area contributed by atoms with E-state index < -0.39 is 5.38 Å². The molecule has 1 atom stereocenters. The third kappa shape index (κ3) is 2.40. The first kappa shape index (κ1) is 12.7. The van der Waals surface area contributed by atoms with E-state index in [4.69, 9.17) is 11.6 Å². The first-order chi connectivity index (χ1) is 8.00. The van der Waals surface area contributed by atoms with Crippen molar-refractivity contribution >= 4 is 39.1 Å². The standard InChI is InChI=1S/C13H13BrClNO/c1-8-7-9(14)3-4-10(8)12-6-5-11(15)13(17)16(12)2/h3-4,6-7,11H,5H2,1-2H3. The van der Waals surface area contributed by atoms with Gasteiger partial charge in [0.15, 0.2) is 0 Å². The molecular formula is C13H13BrClNO. The molecule has 1 aromatic carbocycles. The van der Waals surface area contributed by atoms with Gasteiger partial charge in [-0.05, 0) is 31.0 Å². The van der Waals surface area contributed by atoms with Crippen molar-refractivity contribution in [2.75, 3.05) is 7.05 Å². The Morgan fingerprint density at radius 1 is 1.47 bits per heavy atom. The van der Waals surface area contributed by atoms with E-state index in [2.05, 4.69) is 15.9 Å². The number of carbonyl (C=O) groups is 1. The fourth-order valence-electron chi connectivity index (χ4n) is 1.99. The Hall–Kier alpha value is -0.800. The number of hydrogen-bond acceptors (Lipinski definition) is 1. The van der Waals surface area contributed by atoms with Crippen LogP contribution in [-0.4, -0.2) is 23.2 Å². The smallest absolute Gasteiger partial charge is 0.245 e. The van der Waals surface area contributed by atoms with Crippen molar-refractivity contribution in [1.29, 1.82) is 0 Å². The second-order valence-electron chi connectivity index (χ2n) is 4.15. The van der Waals surface area contributed by atoms with Gasteiger partial charge in [-0.15, -0.1) is 11.6 Å². The Morgan fingerprint density at radius 3 is 2.82 bits per heavy atom. The van der Waals surface area contributed by atoms with Crippen molar-refractivity contribution in [1.82, 2.24) is 4.90 Å². The van der Waals surface area contributed by atoms with Crippen LogP contribution < -0.4 is 0 Å². The Balaban J connectivity index is 2.43. The Kier molecular flexibility index (Phi) is 3.59. The van der Waals surface area contributed by atoms with Gasteiger partial charge in [0, 0.05) is 22.8 Å². The van der Waals surface area contributed by atoms with Gasteiger partial charge in [0.25, 0.3) is 0 Å². The van der Waals surface area contributed by atoms with E-state index in [9.17, 15) is 4.79 Å². The fraction of sp³-hybridized carbons (Fsp3) is 0.308. The van der Waals surface area contributed by atoms with Gasteiger partial charge >= 0.3 is 0 Å². The third-order valence-electron chi connectivity index (χ3n) is 2.94. The molecule has 0 N–H and O–H groups in total. The predicted molar refractivity (Wildman–Crippen MR) is 73.9 cm³/mol. The molecule has 0 aliphatic carbocycles. The predicted octanol–water partition coefficient (Wildman–Crippen LogP) is 3.57. The van der Waals surface area contributed by atoms with Crippen molar-refractivity contribution in [3.05, 3.63) is 39.9 Å². The molecule has 1 aliphatic heterocycles. The molecule has 2 rings (SSSR count). The quantitative estimate of drug-likeness (QED) is 0.726. The highest BCUT2D eigenvalue weighted by atomic mass is 79.9. The summed E-state index contributed by atoms with van der Waals surface area (Å²) in [6.07, 6.45) is 2.62. The maximum atomic E-state index is 11.8. The van der Waals surface area contributed by atoms with Crippen LogP contribution in [0.25, 0.3) is 5.70 Å². The number of halogens is 2. The minimum absolute atomic E-state index is 0.0357. The summed E-state index contributed by atoms with van der Waals surface area (Å²) >= 11 is 9.37. The van der Waals surface area contributed by atoms with Crippen LogP contribution in [0.15, 0.2) is 28.7 Å². The molecule has 1 amide bonds. The molecule has 90 valence electrons. The van der Waals surface area contributed by atoms with E-state index in [1.54, 1.807) is 11.9 Å². The minimum Gasteiger partial charge on any atom is -0.314 e. The number of amides is 1. The van der Waals surface area contributed by atoms with Crippen LogP contribution in [0.5, 0.6) is 0 Å². The number of nitrogens with zero attached hydrogens (tertiary/aromatic N) is 1. The average molecular weight is 315 g/mol. The zero-order chi connectivity index (χ0) is 12.6. The summed E-state index contributed by atoms with van der Waals surface area (Å²) in [7, 11) is 1.77. The summed E-state index contributed by atoms with van der Waals surface area (Å²) in [4.78, 5) is 13.5. The summed E-state index contributed by atoms with van der Waals surface area (Å²) in [5.41, 5.74) is 3.16. The number of aryl methyl sites for hydroxylation is 1. The first-order valence-electron chi connectivity index (χ1n) is 5.39. The summed E-state index contributed by atoms with van der Waals surface area (Å²) in [5.74, 6) is -0.0357. The number of benzene rings is 1. The van der Waals surface area contributed by atoms with E-state index >= 15 is 0 Å². The van der Waals surface area contributed by atoms with Gasteiger partial charge in [-0.3, -0.25) is 4.79 Å². The zero-order valence-corrected chi connectivity index (χ0v) is 12.0. The van der Waals surface area contributed by atoms with Crippen LogP contribution in [0.2, 0.25) is 0 Å². The second kappa shape index (κ2) is 4.83. The van der Waals surface area contributed by atoms with Crippen LogP contribution in [-0.2, 0) is 4.79 Å². The highest BCUT2D eigenvalue weighted by Gasteiger charge is 2.27. The molecule has 1 aromatic rings. The number of hydrogen-bond donors (Lipinski definition) is 0. The van der Waals surface area contributed by atoms with Crippen LogP contribution >= 0.6 is 27.5 Å². The van der Waals surface area contributed by atoms with Gasteiger partial charge in [-0.25, -0.2) is 0 Å². The van der Waals surface area contributed by atoms with Crippen LogP contribution in [0, 0.1) is 6.92 Å². The summed E-state index contributed by atoms with van der Waals surface area (Å²) in [5, 5.41) is -0.431. The SMILES string of the molecule is Cc1cc(Br)ccc1C1=CCC(Cl)C(=O)N1C. The largest absolute Gasteiger partial charge is 0.314 e. The lowest BCUT2D eigenvalue weighted by atomic mass is 10.0. The summed E-state index contributed by atoms with van der Waals surface area (Å²) in [6, 6.07) is 6.04. The van der Waals surface area contributed by atoms with Gasteiger partial charge in [-0.2, -0.15) is 0 Å². The van der Waals surface area contributed by atoms with E-state index in [0.29, 0.717) is 6.42 Å². The van der Waals surface area contributed by atoms with Crippen molar-refractivity contribution in [2.24, 2.45) is 0 Å². The highest BCUT2D eigenvalue weighted by molar-refractivity contribution is 9.10. The normalized spacial score (nSPS) is 20.5. The van der Waals surface area contributed by atoms with Gasteiger partial charge in [-0.1, -0.05) is 28.1 Å². The molecule has 0 spiro atoms. The molecule has 0 fully saturated rings. The minimum atomic E-state index is -0.431. The average Bonchev–Trinajstić information content (AvgIpc) is 2.28. The lowest BCUT2D eigenvalue weighted by Gasteiger charge is -2.28. The van der Waals surface area contributed by atoms with Gasteiger partial charge < -0.3 is 4.90 Å².